The van der Waals surface area contributed by atoms with E-state index >= 15 is 0 Å². The summed E-state index contributed by atoms with van der Waals surface area (Å²) in [5.41, 5.74) is 6.29. The van der Waals surface area contributed by atoms with Crippen molar-refractivity contribution in [1.29, 1.82) is 0 Å². The summed E-state index contributed by atoms with van der Waals surface area (Å²) in [5.74, 6) is 5.65. The molecule has 0 spiro atoms. The van der Waals surface area contributed by atoms with Crippen molar-refractivity contribution >= 4 is 22.9 Å². The molecule has 4 heteroatoms. The van der Waals surface area contributed by atoms with Gasteiger partial charge in [-0.1, -0.05) is 41.4 Å². The molecule has 17 heavy (non-hydrogen) atoms. The van der Waals surface area contributed by atoms with Gasteiger partial charge in [0.05, 0.1) is 11.1 Å². The quantitative estimate of drug-likeness (QED) is 0.658. The van der Waals surface area contributed by atoms with Crippen LogP contribution in [0.5, 0.6) is 0 Å². The van der Waals surface area contributed by atoms with Gasteiger partial charge in [-0.2, -0.15) is 0 Å². The van der Waals surface area contributed by atoms with E-state index < -0.39 is 0 Å². The van der Waals surface area contributed by atoms with Crippen molar-refractivity contribution in [2.75, 3.05) is 0 Å². The van der Waals surface area contributed by atoms with Crippen LogP contribution < -0.4 is 11.3 Å². The lowest BCUT2D eigenvalue weighted by atomic mass is 10.0. The van der Waals surface area contributed by atoms with Crippen LogP contribution in [0.4, 0.5) is 0 Å². The van der Waals surface area contributed by atoms with Crippen molar-refractivity contribution in [3.8, 4) is 0 Å². The lowest BCUT2D eigenvalue weighted by Gasteiger charge is -2.15. The third kappa shape index (κ3) is 2.53. The Kier molecular flexibility index (Phi) is 3.84. The Labute approximate surface area is 110 Å². The number of nitrogens with one attached hydrogen (secondary N) is 1. The lowest BCUT2D eigenvalue weighted by molar-refractivity contribution is 0.646. The first-order valence-corrected chi connectivity index (χ1v) is 6.65. The van der Waals surface area contributed by atoms with Crippen LogP contribution in [0.25, 0.3) is 0 Å². The molecule has 0 saturated heterocycles. The fraction of sp³-hybridized carbons (Fsp3) is 0.231. The topological polar surface area (TPSA) is 38.0 Å². The van der Waals surface area contributed by atoms with E-state index in [-0.39, 0.29) is 6.04 Å². The maximum absolute atomic E-state index is 6.28. The third-order valence-corrected chi connectivity index (χ3v) is 4.54. The first-order valence-electron chi connectivity index (χ1n) is 5.39. The molecule has 0 saturated carbocycles. The zero-order chi connectivity index (χ0) is 12.4. The summed E-state index contributed by atoms with van der Waals surface area (Å²) in [7, 11) is 0. The van der Waals surface area contributed by atoms with Crippen LogP contribution in [0.2, 0.25) is 5.02 Å². The minimum atomic E-state index is -0.0400. The van der Waals surface area contributed by atoms with E-state index in [0.717, 1.165) is 21.0 Å². The number of halogens is 1. The number of rotatable bonds is 3. The van der Waals surface area contributed by atoms with E-state index in [0.29, 0.717) is 0 Å². The van der Waals surface area contributed by atoms with Gasteiger partial charge >= 0.3 is 0 Å². The molecule has 0 bridgehead atoms. The van der Waals surface area contributed by atoms with Crippen molar-refractivity contribution in [1.82, 2.24) is 5.43 Å². The first kappa shape index (κ1) is 12.6. The number of hydrazine groups is 1. The van der Waals surface area contributed by atoms with Crippen LogP contribution in [0, 0.1) is 13.8 Å². The summed E-state index contributed by atoms with van der Waals surface area (Å²) in [6, 6.07) is 8.26. The number of thiophene rings is 1. The van der Waals surface area contributed by atoms with Gasteiger partial charge in [0.1, 0.15) is 0 Å². The van der Waals surface area contributed by atoms with E-state index in [9.17, 15) is 0 Å². The standard InChI is InChI=1S/C13H15ClN2S/c1-8-3-5-10(6-4-8)12(16-15)13-11(14)9(2)7-17-13/h3-7,12,16H,15H2,1-2H3. The molecule has 0 fully saturated rings. The summed E-state index contributed by atoms with van der Waals surface area (Å²) in [4.78, 5) is 1.07. The highest BCUT2D eigenvalue weighted by molar-refractivity contribution is 7.10. The van der Waals surface area contributed by atoms with Crippen LogP contribution in [0.3, 0.4) is 0 Å². The normalized spacial score (nSPS) is 12.7. The fourth-order valence-corrected chi connectivity index (χ4v) is 3.11. The maximum atomic E-state index is 6.28. The molecule has 0 aliphatic heterocycles. The number of hydrogen-bond acceptors (Lipinski definition) is 3. The van der Waals surface area contributed by atoms with Gasteiger partial charge in [0, 0.05) is 4.88 Å². The molecule has 1 atom stereocenters. The molecule has 1 unspecified atom stereocenters. The average Bonchev–Trinajstić information content (AvgIpc) is 2.65. The van der Waals surface area contributed by atoms with Crippen molar-refractivity contribution in [2.45, 2.75) is 19.9 Å². The minimum absolute atomic E-state index is 0.0400. The Morgan fingerprint density at radius 3 is 2.35 bits per heavy atom. The number of benzene rings is 1. The Hall–Kier alpha value is -0.870. The molecular weight excluding hydrogens is 252 g/mol. The smallest absolute Gasteiger partial charge is 0.0817 e. The van der Waals surface area contributed by atoms with Crippen LogP contribution in [0.1, 0.15) is 27.6 Å². The molecule has 0 aliphatic rings. The highest BCUT2D eigenvalue weighted by atomic mass is 35.5. The second kappa shape index (κ2) is 5.19. The number of aryl methyl sites for hydroxylation is 2. The molecule has 0 amide bonds. The zero-order valence-corrected chi connectivity index (χ0v) is 11.4. The van der Waals surface area contributed by atoms with Crippen LogP contribution in [-0.2, 0) is 0 Å². The Bertz CT molecular complexity index is 505. The largest absolute Gasteiger partial charge is 0.271 e. The highest BCUT2D eigenvalue weighted by Crippen LogP contribution is 2.35. The molecular formula is C13H15ClN2S. The second-order valence-electron chi connectivity index (χ2n) is 4.11. The Balaban J connectivity index is 2.40. The molecule has 2 nitrogen and oxygen atoms in total. The predicted molar refractivity (Wildman–Crippen MR) is 74.4 cm³/mol. The molecule has 1 aromatic carbocycles. The highest BCUT2D eigenvalue weighted by Gasteiger charge is 2.18. The van der Waals surface area contributed by atoms with E-state index in [1.165, 1.54) is 5.56 Å². The third-order valence-electron chi connectivity index (χ3n) is 2.76. The van der Waals surface area contributed by atoms with Crippen molar-refractivity contribution in [2.24, 2.45) is 5.84 Å². The molecule has 2 rings (SSSR count). The number of hydrogen-bond donors (Lipinski definition) is 2. The van der Waals surface area contributed by atoms with E-state index in [2.05, 4.69) is 42.0 Å². The van der Waals surface area contributed by atoms with Crippen molar-refractivity contribution in [3.05, 3.63) is 56.2 Å². The molecule has 90 valence electrons. The van der Waals surface area contributed by atoms with Crippen LogP contribution in [-0.4, -0.2) is 0 Å². The van der Waals surface area contributed by atoms with Gasteiger partial charge in [0.15, 0.2) is 0 Å². The summed E-state index contributed by atoms with van der Waals surface area (Å²) in [6.45, 7) is 4.07. The predicted octanol–water partition coefficient (Wildman–Crippen LogP) is 3.57. The SMILES string of the molecule is Cc1ccc(C(NN)c2scc(C)c2Cl)cc1. The van der Waals surface area contributed by atoms with Crippen molar-refractivity contribution in [3.63, 3.8) is 0 Å². The van der Waals surface area contributed by atoms with Gasteiger partial charge in [-0.25, -0.2) is 5.43 Å². The molecule has 2 aromatic rings. The molecule has 3 N–H and O–H groups in total. The van der Waals surface area contributed by atoms with Gasteiger partial charge in [-0.3, -0.25) is 5.84 Å². The summed E-state index contributed by atoms with van der Waals surface area (Å²) in [5, 5.41) is 2.86. The summed E-state index contributed by atoms with van der Waals surface area (Å²) in [6.07, 6.45) is 0. The van der Waals surface area contributed by atoms with Gasteiger partial charge < -0.3 is 0 Å². The molecule has 0 radical (unpaired) electrons. The van der Waals surface area contributed by atoms with Crippen LogP contribution >= 0.6 is 22.9 Å². The maximum Gasteiger partial charge on any atom is 0.0817 e. The molecule has 0 aliphatic carbocycles. The lowest BCUT2D eigenvalue weighted by Crippen LogP contribution is -2.28. The minimum Gasteiger partial charge on any atom is -0.271 e. The number of nitrogens with two attached hydrogens (primary N) is 1. The van der Waals surface area contributed by atoms with Gasteiger partial charge in [0.2, 0.25) is 0 Å². The Morgan fingerprint density at radius 1 is 1.24 bits per heavy atom. The van der Waals surface area contributed by atoms with Gasteiger partial charge in [0.25, 0.3) is 0 Å². The van der Waals surface area contributed by atoms with Gasteiger partial charge in [-0.05, 0) is 30.4 Å². The average molecular weight is 267 g/mol. The van der Waals surface area contributed by atoms with Gasteiger partial charge in [-0.15, -0.1) is 11.3 Å². The van der Waals surface area contributed by atoms with E-state index in [1.54, 1.807) is 11.3 Å². The summed E-state index contributed by atoms with van der Waals surface area (Å²) >= 11 is 7.91. The summed E-state index contributed by atoms with van der Waals surface area (Å²) < 4.78 is 0. The zero-order valence-electron chi connectivity index (χ0n) is 9.83. The Morgan fingerprint density at radius 2 is 1.88 bits per heavy atom. The fourth-order valence-electron chi connectivity index (χ4n) is 1.73. The van der Waals surface area contributed by atoms with Crippen LogP contribution in [0.15, 0.2) is 29.6 Å². The van der Waals surface area contributed by atoms with E-state index in [4.69, 9.17) is 17.4 Å². The molecule has 1 aromatic heterocycles. The van der Waals surface area contributed by atoms with Crippen molar-refractivity contribution < 1.29 is 0 Å². The second-order valence-corrected chi connectivity index (χ2v) is 5.40. The molecule has 1 heterocycles. The van der Waals surface area contributed by atoms with E-state index in [1.807, 2.05) is 6.92 Å². The monoisotopic (exact) mass is 266 g/mol. The first-order chi connectivity index (χ1) is 8.13.